The largest absolute Gasteiger partial charge is 0.352 e. The highest BCUT2D eigenvalue weighted by atomic mass is 35.5. The monoisotopic (exact) mass is 452 g/mol. The molecule has 0 bridgehead atoms. The summed E-state index contributed by atoms with van der Waals surface area (Å²) in [7, 11) is -3.72. The number of anilines is 1. The molecule has 0 saturated carbocycles. The van der Waals surface area contributed by atoms with Crippen LogP contribution in [0.4, 0.5) is 5.82 Å². The van der Waals surface area contributed by atoms with Gasteiger partial charge in [0.25, 0.3) is 0 Å². The van der Waals surface area contributed by atoms with Crippen molar-refractivity contribution in [3.63, 3.8) is 0 Å². The Kier molecular flexibility index (Phi) is 5.48. The second-order valence-corrected chi connectivity index (χ2v) is 9.37. The molecule has 0 unspecified atom stereocenters. The normalized spacial score (nSPS) is 15.6. The van der Waals surface area contributed by atoms with Crippen molar-refractivity contribution in [3.8, 4) is 5.82 Å². The molecule has 1 aliphatic rings. The lowest BCUT2D eigenvalue weighted by molar-refractivity contribution is 0.383. The Bertz CT molecular complexity index is 1130. The van der Waals surface area contributed by atoms with E-state index in [-0.39, 0.29) is 9.92 Å². The lowest BCUT2D eigenvalue weighted by atomic mass is 10.3. The molecule has 1 saturated heterocycles. The van der Waals surface area contributed by atoms with Crippen LogP contribution in [0.2, 0.25) is 10.0 Å². The summed E-state index contributed by atoms with van der Waals surface area (Å²) in [6, 6.07) is 10.0. The standard InChI is InChI=1S/C18H18Cl2N6O2S/c1-13-6-7-26(23-13)18-5-4-17(21-22-18)24-8-10-25(11-9-24)29(27,28)16-12-14(19)2-3-15(16)20/h2-7,12H,8-11H2,1H3. The Morgan fingerprint density at radius 1 is 0.931 bits per heavy atom. The summed E-state index contributed by atoms with van der Waals surface area (Å²) in [5.74, 6) is 1.31. The number of hydrogen-bond acceptors (Lipinski definition) is 6. The lowest BCUT2D eigenvalue weighted by Gasteiger charge is -2.34. The summed E-state index contributed by atoms with van der Waals surface area (Å²) >= 11 is 12.0. The smallest absolute Gasteiger partial charge is 0.244 e. The molecular weight excluding hydrogens is 435 g/mol. The summed E-state index contributed by atoms with van der Waals surface area (Å²) in [6.45, 7) is 3.51. The third-order valence-corrected chi connectivity index (χ3v) is 7.28. The summed E-state index contributed by atoms with van der Waals surface area (Å²) in [4.78, 5) is 2.02. The fraction of sp³-hybridized carbons (Fsp3) is 0.278. The summed E-state index contributed by atoms with van der Waals surface area (Å²) in [6.07, 6.45) is 1.82. The zero-order chi connectivity index (χ0) is 20.6. The zero-order valence-corrected chi connectivity index (χ0v) is 17.9. The van der Waals surface area contributed by atoms with Crippen LogP contribution < -0.4 is 4.90 Å². The minimum Gasteiger partial charge on any atom is -0.352 e. The van der Waals surface area contributed by atoms with Crippen LogP contribution >= 0.6 is 23.2 Å². The van der Waals surface area contributed by atoms with Crippen molar-refractivity contribution in [1.82, 2.24) is 24.3 Å². The molecule has 0 spiro atoms. The molecule has 0 aliphatic carbocycles. The highest BCUT2D eigenvalue weighted by Crippen LogP contribution is 2.28. The molecule has 0 amide bonds. The van der Waals surface area contributed by atoms with Crippen molar-refractivity contribution in [2.75, 3.05) is 31.1 Å². The molecule has 152 valence electrons. The van der Waals surface area contributed by atoms with E-state index < -0.39 is 10.0 Å². The fourth-order valence-electron chi connectivity index (χ4n) is 3.12. The van der Waals surface area contributed by atoms with E-state index in [1.165, 1.54) is 16.4 Å². The van der Waals surface area contributed by atoms with Crippen LogP contribution in [0.3, 0.4) is 0 Å². The molecule has 0 N–H and O–H groups in total. The van der Waals surface area contributed by atoms with Crippen LogP contribution in [0.25, 0.3) is 5.82 Å². The van der Waals surface area contributed by atoms with E-state index in [2.05, 4.69) is 15.3 Å². The maximum Gasteiger partial charge on any atom is 0.244 e. The molecule has 29 heavy (non-hydrogen) atoms. The molecule has 3 aromatic rings. The van der Waals surface area contributed by atoms with Gasteiger partial charge >= 0.3 is 0 Å². The minimum absolute atomic E-state index is 0.0266. The van der Waals surface area contributed by atoms with Crippen molar-refractivity contribution in [1.29, 1.82) is 0 Å². The fourth-order valence-corrected chi connectivity index (χ4v) is 5.28. The van der Waals surface area contributed by atoms with Crippen molar-refractivity contribution < 1.29 is 8.42 Å². The molecular formula is C18H18Cl2N6O2S. The second-order valence-electron chi connectivity index (χ2n) is 6.62. The molecule has 3 heterocycles. The van der Waals surface area contributed by atoms with Gasteiger partial charge in [-0.1, -0.05) is 23.2 Å². The SMILES string of the molecule is Cc1ccn(-c2ccc(N3CCN(S(=O)(=O)c4cc(Cl)ccc4Cl)CC3)nn2)n1. The van der Waals surface area contributed by atoms with Gasteiger partial charge in [0.05, 0.1) is 10.7 Å². The van der Waals surface area contributed by atoms with Gasteiger partial charge in [0.15, 0.2) is 11.6 Å². The lowest BCUT2D eigenvalue weighted by Crippen LogP contribution is -2.49. The average Bonchev–Trinajstić information content (AvgIpc) is 3.16. The highest BCUT2D eigenvalue weighted by molar-refractivity contribution is 7.89. The van der Waals surface area contributed by atoms with Crippen LogP contribution in [-0.4, -0.2) is 58.9 Å². The van der Waals surface area contributed by atoms with Crippen LogP contribution in [-0.2, 0) is 10.0 Å². The van der Waals surface area contributed by atoms with Gasteiger partial charge in [-0.25, -0.2) is 13.1 Å². The van der Waals surface area contributed by atoms with Gasteiger partial charge in [0.1, 0.15) is 4.90 Å². The van der Waals surface area contributed by atoms with Crippen LogP contribution in [0.5, 0.6) is 0 Å². The van der Waals surface area contributed by atoms with Crippen LogP contribution in [0.15, 0.2) is 47.5 Å². The van der Waals surface area contributed by atoms with Crippen molar-refractivity contribution in [2.24, 2.45) is 0 Å². The Morgan fingerprint density at radius 3 is 2.24 bits per heavy atom. The van der Waals surface area contributed by atoms with Gasteiger partial charge in [-0.15, -0.1) is 10.2 Å². The van der Waals surface area contributed by atoms with Gasteiger partial charge in [-0.05, 0) is 43.3 Å². The molecule has 1 aliphatic heterocycles. The Labute approximate surface area is 178 Å². The van der Waals surface area contributed by atoms with Gasteiger partial charge in [0, 0.05) is 37.4 Å². The number of piperazine rings is 1. The molecule has 8 nitrogen and oxygen atoms in total. The van der Waals surface area contributed by atoms with E-state index in [1.54, 1.807) is 10.7 Å². The Balaban J connectivity index is 1.46. The number of halogens is 2. The quantitative estimate of drug-likeness (QED) is 0.604. The van der Waals surface area contributed by atoms with Gasteiger partial charge in [-0.3, -0.25) is 0 Å². The number of aryl methyl sites for hydroxylation is 1. The summed E-state index contributed by atoms with van der Waals surface area (Å²) < 4.78 is 28.9. The first-order valence-corrected chi connectivity index (χ1v) is 11.1. The minimum atomic E-state index is -3.72. The summed E-state index contributed by atoms with van der Waals surface area (Å²) in [5.41, 5.74) is 0.896. The Hall–Kier alpha value is -2.20. The number of hydrogen-bond donors (Lipinski definition) is 0. The van der Waals surface area contributed by atoms with E-state index in [0.29, 0.717) is 42.8 Å². The number of rotatable bonds is 4. The number of aromatic nitrogens is 4. The second kappa shape index (κ2) is 7.91. The number of benzene rings is 1. The zero-order valence-electron chi connectivity index (χ0n) is 15.5. The molecule has 1 fully saturated rings. The van der Waals surface area contributed by atoms with E-state index in [0.717, 1.165) is 5.69 Å². The van der Waals surface area contributed by atoms with Crippen LogP contribution in [0.1, 0.15) is 5.69 Å². The maximum atomic E-state index is 12.9. The maximum absolute atomic E-state index is 12.9. The van der Waals surface area contributed by atoms with E-state index in [1.807, 2.05) is 36.2 Å². The first-order chi connectivity index (χ1) is 13.8. The Morgan fingerprint density at radius 2 is 1.62 bits per heavy atom. The van der Waals surface area contributed by atoms with Gasteiger partial charge < -0.3 is 4.90 Å². The van der Waals surface area contributed by atoms with Crippen molar-refractivity contribution in [2.45, 2.75) is 11.8 Å². The van der Waals surface area contributed by atoms with Crippen molar-refractivity contribution in [3.05, 3.63) is 58.3 Å². The number of nitrogens with zero attached hydrogens (tertiary/aromatic N) is 6. The van der Waals surface area contributed by atoms with E-state index >= 15 is 0 Å². The van der Waals surface area contributed by atoms with Gasteiger partial charge in [0.2, 0.25) is 10.0 Å². The third-order valence-electron chi connectivity index (χ3n) is 4.67. The summed E-state index contributed by atoms with van der Waals surface area (Å²) in [5, 5.41) is 13.3. The number of sulfonamides is 1. The van der Waals surface area contributed by atoms with E-state index in [9.17, 15) is 8.42 Å². The molecule has 4 rings (SSSR count). The molecule has 0 atom stereocenters. The topological polar surface area (TPSA) is 84.2 Å². The predicted molar refractivity (Wildman–Crippen MR) is 111 cm³/mol. The molecule has 1 aromatic carbocycles. The van der Waals surface area contributed by atoms with Crippen molar-refractivity contribution >= 4 is 39.0 Å². The average molecular weight is 453 g/mol. The first-order valence-electron chi connectivity index (χ1n) is 8.91. The van der Waals surface area contributed by atoms with Crippen LogP contribution in [0, 0.1) is 6.92 Å². The first kappa shape index (κ1) is 20.1. The van der Waals surface area contributed by atoms with Gasteiger partial charge in [-0.2, -0.15) is 9.40 Å². The highest BCUT2D eigenvalue weighted by Gasteiger charge is 2.30. The predicted octanol–water partition coefficient (Wildman–Crippen LogP) is 2.79. The molecule has 11 heteroatoms. The molecule has 2 aromatic heterocycles. The third kappa shape index (κ3) is 4.09. The van der Waals surface area contributed by atoms with E-state index in [4.69, 9.17) is 23.2 Å². The molecule has 0 radical (unpaired) electrons.